The van der Waals surface area contributed by atoms with E-state index in [2.05, 4.69) is 26.0 Å². The first-order chi connectivity index (χ1) is 10.2. The van der Waals surface area contributed by atoms with E-state index in [4.69, 9.17) is 4.74 Å². The van der Waals surface area contributed by atoms with Crippen molar-refractivity contribution in [1.82, 2.24) is 14.6 Å². The third-order valence-electron chi connectivity index (χ3n) is 2.99. The van der Waals surface area contributed by atoms with Crippen LogP contribution in [0, 0.1) is 0 Å². The standard InChI is InChI=1S/C15H12BrN3O2/c1-2-21-15(20)12-13(10-4-6-11(16)7-5-10)18-19-9-3-8-17-14(12)19/h3-9H,2H2,1H3. The maximum absolute atomic E-state index is 12.3. The van der Waals surface area contributed by atoms with Crippen molar-refractivity contribution >= 4 is 27.5 Å². The normalized spacial score (nSPS) is 10.8. The van der Waals surface area contributed by atoms with E-state index in [1.807, 2.05) is 24.3 Å². The van der Waals surface area contributed by atoms with E-state index >= 15 is 0 Å². The average Bonchev–Trinajstić information content (AvgIpc) is 2.87. The Hall–Kier alpha value is -2.21. The van der Waals surface area contributed by atoms with E-state index in [9.17, 15) is 4.79 Å². The van der Waals surface area contributed by atoms with Crippen LogP contribution in [0.25, 0.3) is 16.9 Å². The van der Waals surface area contributed by atoms with Crippen molar-refractivity contribution in [3.63, 3.8) is 0 Å². The minimum absolute atomic E-state index is 0.308. The third-order valence-corrected chi connectivity index (χ3v) is 3.52. The fourth-order valence-electron chi connectivity index (χ4n) is 2.09. The van der Waals surface area contributed by atoms with Crippen molar-refractivity contribution in [1.29, 1.82) is 0 Å². The van der Waals surface area contributed by atoms with Gasteiger partial charge in [0, 0.05) is 22.4 Å². The SMILES string of the molecule is CCOC(=O)c1c(-c2ccc(Br)cc2)nn2cccnc12. The Balaban J connectivity index is 2.23. The highest BCUT2D eigenvalue weighted by atomic mass is 79.9. The molecule has 0 unspecified atom stereocenters. The number of hydrogen-bond donors (Lipinski definition) is 0. The molecule has 106 valence electrons. The molecule has 0 fully saturated rings. The molecule has 6 heteroatoms. The van der Waals surface area contributed by atoms with Crippen LogP contribution in [-0.2, 0) is 4.74 Å². The molecule has 0 aliphatic heterocycles. The Bertz CT molecular complexity index is 796. The number of fused-ring (bicyclic) bond motifs is 1. The zero-order valence-electron chi connectivity index (χ0n) is 11.3. The summed E-state index contributed by atoms with van der Waals surface area (Å²) < 4.78 is 7.69. The summed E-state index contributed by atoms with van der Waals surface area (Å²) in [4.78, 5) is 16.5. The Kier molecular flexibility index (Phi) is 3.70. The molecule has 0 saturated carbocycles. The summed E-state index contributed by atoms with van der Waals surface area (Å²) >= 11 is 3.40. The van der Waals surface area contributed by atoms with E-state index < -0.39 is 5.97 Å². The molecular formula is C15H12BrN3O2. The molecule has 21 heavy (non-hydrogen) atoms. The van der Waals surface area contributed by atoms with Crippen LogP contribution < -0.4 is 0 Å². The molecule has 0 spiro atoms. The van der Waals surface area contributed by atoms with Gasteiger partial charge in [0.05, 0.1) is 6.61 Å². The maximum atomic E-state index is 12.3. The molecule has 0 saturated heterocycles. The van der Waals surface area contributed by atoms with Crippen molar-refractivity contribution in [3.05, 3.63) is 52.8 Å². The Morgan fingerprint density at radius 1 is 1.33 bits per heavy atom. The summed E-state index contributed by atoms with van der Waals surface area (Å²) in [6.07, 6.45) is 3.39. The summed E-state index contributed by atoms with van der Waals surface area (Å²) in [5.74, 6) is -0.413. The van der Waals surface area contributed by atoms with Crippen LogP contribution >= 0.6 is 15.9 Å². The lowest BCUT2D eigenvalue weighted by Gasteiger charge is -2.03. The number of carbonyl (C=O) groups excluding carboxylic acids is 1. The number of rotatable bonds is 3. The van der Waals surface area contributed by atoms with Gasteiger partial charge in [-0.15, -0.1) is 0 Å². The van der Waals surface area contributed by atoms with Gasteiger partial charge < -0.3 is 4.74 Å². The predicted molar refractivity (Wildman–Crippen MR) is 82.1 cm³/mol. The van der Waals surface area contributed by atoms with Gasteiger partial charge in [0.15, 0.2) is 5.65 Å². The van der Waals surface area contributed by atoms with Gasteiger partial charge >= 0.3 is 5.97 Å². The molecule has 3 aromatic rings. The molecule has 1 aromatic carbocycles. The molecule has 0 radical (unpaired) electrons. The van der Waals surface area contributed by atoms with Gasteiger partial charge in [0.2, 0.25) is 0 Å². The van der Waals surface area contributed by atoms with E-state index in [0.29, 0.717) is 23.5 Å². The quantitative estimate of drug-likeness (QED) is 0.683. The first-order valence-electron chi connectivity index (χ1n) is 6.47. The van der Waals surface area contributed by atoms with Gasteiger partial charge in [-0.25, -0.2) is 14.3 Å². The van der Waals surface area contributed by atoms with Crippen LogP contribution in [0.15, 0.2) is 47.2 Å². The van der Waals surface area contributed by atoms with Crippen molar-refractivity contribution in [2.75, 3.05) is 6.61 Å². The number of hydrogen-bond acceptors (Lipinski definition) is 4. The van der Waals surface area contributed by atoms with E-state index in [1.165, 1.54) is 0 Å². The number of esters is 1. The summed E-state index contributed by atoms with van der Waals surface area (Å²) in [5.41, 5.74) is 2.29. The maximum Gasteiger partial charge on any atom is 0.344 e. The van der Waals surface area contributed by atoms with Crippen LogP contribution in [0.2, 0.25) is 0 Å². The molecule has 2 aromatic heterocycles. The van der Waals surface area contributed by atoms with Crippen molar-refractivity contribution < 1.29 is 9.53 Å². The van der Waals surface area contributed by atoms with E-state index in [1.54, 1.807) is 29.9 Å². The van der Waals surface area contributed by atoms with Crippen LogP contribution in [0.5, 0.6) is 0 Å². The number of ether oxygens (including phenoxy) is 1. The highest BCUT2D eigenvalue weighted by Gasteiger charge is 2.22. The number of benzene rings is 1. The predicted octanol–water partition coefficient (Wildman–Crippen LogP) is 3.34. The van der Waals surface area contributed by atoms with Crippen molar-refractivity contribution in [3.8, 4) is 11.3 Å². The number of nitrogens with zero attached hydrogens (tertiary/aromatic N) is 3. The Labute approximate surface area is 129 Å². The second kappa shape index (κ2) is 5.65. The van der Waals surface area contributed by atoms with Crippen molar-refractivity contribution in [2.45, 2.75) is 6.92 Å². The number of aromatic nitrogens is 3. The number of carbonyl (C=O) groups is 1. The summed E-state index contributed by atoms with van der Waals surface area (Å²) in [6, 6.07) is 9.37. The fourth-order valence-corrected chi connectivity index (χ4v) is 2.35. The fraction of sp³-hybridized carbons (Fsp3) is 0.133. The van der Waals surface area contributed by atoms with Crippen molar-refractivity contribution in [2.24, 2.45) is 0 Å². The lowest BCUT2D eigenvalue weighted by atomic mass is 10.1. The van der Waals surface area contributed by atoms with Crippen LogP contribution in [0.4, 0.5) is 0 Å². The molecule has 0 bridgehead atoms. The molecule has 0 aliphatic carbocycles. The summed E-state index contributed by atoms with van der Waals surface area (Å²) in [7, 11) is 0. The monoisotopic (exact) mass is 345 g/mol. The molecule has 2 heterocycles. The number of halogens is 1. The van der Waals surface area contributed by atoms with Crippen LogP contribution in [0.1, 0.15) is 17.3 Å². The molecule has 0 atom stereocenters. The van der Waals surface area contributed by atoms with Gasteiger partial charge in [0.25, 0.3) is 0 Å². The second-order valence-corrected chi connectivity index (χ2v) is 5.25. The van der Waals surface area contributed by atoms with Gasteiger partial charge in [-0.1, -0.05) is 28.1 Å². The minimum atomic E-state index is -0.413. The first-order valence-corrected chi connectivity index (χ1v) is 7.26. The lowest BCUT2D eigenvalue weighted by Crippen LogP contribution is -2.06. The van der Waals surface area contributed by atoms with Gasteiger partial charge in [-0.05, 0) is 25.1 Å². The molecule has 5 nitrogen and oxygen atoms in total. The minimum Gasteiger partial charge on any atom is -0.462 e. The molecule has 0 amide bonds. The van der Waals surface area contributed by atoms with Crippen LogP contribution in [0.3, 0.4) is 0 Å². The summed E-state index contributed by atoms with van der Waals surface area (Å²) in [5, 5.41) is 4.45. The topological polar surface area (TPSA) is 56.5 Å². The highest BCUT2D eigenvalue weighted by Crippen LogP contribution is 2.27. The van der Waals surface area contributed by atoms with E-state index in [0.717, 1.165) is 10.0 Å². The van der Waals surface area contributed by atoms with Gasteiger partial charge in [0.1, 0.15) is 11.3 Å². The largest absolute Gasteiger partial charge is 0.462 e. The van der Waals surface area contributed by atoms with Gasteiger partial charge in [-0.3, -0.25) is 0 Å². The Morgan fingerprint density at radius 2 is 2.10 bits per heavy atom. The van der Waals surface area contributed by atoms with Gasteiger partial charge in [-0.2, -0.15) is 5.10 Å². The zero-order valence-corrected chi connectivity index (χ0v) is 12.9. The zero-order chi connectivity index (χ0) is 14.8. The molecule has 3 rings (SSSR count). The molecule has 0 aliphatic rings. The van der Waals surface area contributed by atoms with Crippen LogP contribution in [-0.4, -0.2) is 27.2 Å². The summed E-state index contributed by atoms with van der Waals surface area (Å²) in [6.45, 7) is 2.08. The second-order valence-electron chi connectivity index (χ2n) is 4.34. The Morgan fingerprint density at radius 3 is 2.81 bits per heavy atom. The average molecular weight is 346 g/mol. The highest BCUT2D eigenvalue weighted by molar-refractivity contribution is 9.10. The third kappa shape index (κ3) is 2.54. The lowest BCUT2D eigenvalue weighted by molar-refractivity contribution is 0.0529. The molecular weight excluding hydrogens is 334 g/mol. The first kappa shape index (κ1) is 13.8. The van der Waals surface area contributed by atoms with E-state index in [-0.39, 0.29) is 0 Å². The smallest absolute Gasteiger partial charge is 0.344 e. The molecule has 0 N–H and O–H groups in total.